The van der Waals surface area contributed by atoms with E-state index in [-0.39, 0.29) is 25.0 Å². The van der Waals surface area contributed by atoms with Crippen molar-refractivity contribution >= 4 is 18.1 Å². The molecule has 0 radical (unpaired) electrons. The molecular formula is C17H23N3O5. The molecule has 1 fully saturated rings. The van der Waals surface area contributed by atoms with Gasteiger partial charge in [0, 0.05) is 19.6 Å². The van der Waals surface area contributed by atoms with Gasteiger partial charge in [0.2, 0.25) is 5.91 Å². The number of nitrogens with zero attached hydrogens (tertiary/aromatic N) is 1. The zero-order valence-corrected chi connectivity index (χ0v) is 13.9. The number of amides is 3. The van der Waals surface area contributed by atoms with Crippen molar-refractivity contribution < 1.29 is 24.2 Å². The highest BCUT2D eigenvalue weighted by Crippen LogP contribution is 2.16. The normalized spacial score (nSPS) is 14.6. The van der Waals surface area contributed by atoms with Crippen LogP contribution in [0, 0.1) is 5.92 Å². The molecule has 136 valence electrons. The summed E-state index contributed by atoms with van der Waals surface area (Å²) in [6.07, 6.45) is -0.104. The van der Waals surface area contributed by atoms with Gasteiger partial charge in [-0.2, -0.15) is 0 Å². The van der Waals surface area contributed by atoms with Crippen LogP contribution in [0.5, 0.6) is 0 Å². The Kier molecular flexibility index (Phi) is 7.06. The molecule has 3 N–H and O–H groups in total. The van der Waals surface area contributed by atoms with E-state index in [9.17, 15) is 14.4 Å². The summed E-state index contributed by atoms with van der Waals surface area (Å²) in [7, 11) is 0. The predicted octanol–water partition coefficient (Wildman–Crippen LogP) is 1.42. The van der Waals surface area contributed by atoms with Crippen molar-refractivity contribution in [3.05, 3.63) is 35.9 Å². The number of carbonyl (C=O) groups is 3. The van der Waals surface area contributed by atoms with Crippen LogP contribution in [0.1, 0.15) is 18.4 Å². The first-order valence-electron chi connectivity index (χ1n) is 8.23. The fourth-order valence-electron chi connectivity index (χ4n) is 2.58. The molecule has 8 heteroatoms. The monoisotopic (exact) mass is 349 g/mol. The van der Waals surface area contributed by atoms with E-state index in [0.29, 0.717) is 19.6 Å². The van der Waals surface area contributed by atoms with Gasteiger partial charge in [-0.15, -0.1) is 0 Å². The maximum absolute atomic E-state index is 11.8. The number of nitrogens with one attached hydrogen (secondary N) is 2. The zero-order valence-electron chi connectivity index (χ0n) is 13.9. The Morgan fingerprint density at radius 3 is 2.44 bits per heavy atom. The van der Waals surface area contributed by atoms with Crippen molar-refractivity contribution in [1.82, 2.24) is 15.5 Å². The Morgan fingerprint density at radius 2 is 1.80 bits per heavy atom. The average Bonchev–Trinajstić information content (AvgIpc) is 2.64. The topological polar surface area (TPSA) is 108 Å². The number of likely N-dealkylation sites (tertiary alicyclic amines) is 1. The Labute approximate surface area is 146 Å². The van der Waals surface area contributed by atoms with Gasteiger partial charge < -0.3 is 25.4 Å². The molecular weight excluding hydrogens is 326 g/mol. The second-order valence-corrected chi connectivity index (χ2v) is 5.93. The van der Waals surface area contributed by atoms with Gasteiger partial charge in [0.1, 0.15) is 6.61 Å². The number of ether oxygens (including phenoxy) is 1. The van der Waals surface area contributed by atoms with Gasteiger partial charge in [-0.1, -0.05) is 30.3 Å². The largest absolute Gasteiger partial charge is 0.465 e. The van der Waals surface area contributed by atoms with E-state index < -0.39 is 12.2 Å². The molecule has 2 rings (SSSR count). The van der Waals surface area contributed by atoms with E-state index in [4.69, 9.17) is 9.84 Å². The molecule has 0 aliphatic carbocycles. The van der Waals surface area contributed by atoms with Crippen molar-refractivity contribution in [1.29, 1.82) is 0 Å². The molecule has 3 amide bonds. The molecule has 0 atom stereocenters. The maximum Gasteiger partial charge on any atom is 0.407 e. The van der Waals surface area contributed by atoms with E-state index in [1.807, 2.05) is 30.3 Å². The van der Waals surface area contributed by atoms with Crippen molar-refractivity contribution in [2.45, 2.75) is 19.4 Å². The molecule has 8 nitrogen and oxygen atoms in total. The van der Waals surface area contributed by atoms with Crippen LogP contribution in [0.4, 0.5) is 9.59 Å². The number of hydrogen-bond donors (Lipinski definition) is 3. The quantitative estimate of drug-likeness (QED) is 0.720. The molecule has 0 spiro atoms. The van der Waals surface area contributed by atoms with Crippen molar-refractivity contribution in [2.24, 2.45) is 5.92 Å². The minimum absolute atomic E-state index is 0.149. The lowest BCUT2D eigenvalue weighted by molar-refractivity contribution is -0.120. The minimum atomic E-state index is -0.902. The highest BCUT2D eigenvalue weighted by molar-refractivity contribution is 5.82. The first-order chi connectivity index (χ1) is 12.0. The summed E-state index contributed by atoms with van der Waals surface area (Å²) >= 11 is 0. The number of benzene rings is 1. The summed E-state index contributed by atoms with van der Waals surface area (Å²) in [6.45, 7) is 1.45. The number of piperidine rings is 1. The van der Waals surface area contributed by atoms with Crippen LogP contribution in [0.25, 0.3) is 0 Å². The summed E-state index contributed by atoms with van der Waals surface area (Å²) in [6, 6.07) is 9.26. The summed E-state index contributed by atoms with van der Waals surface area (Å²) in [5.74, 6) is -0.0399. The number of rotatable bonds is 6. The van der Waals surface area contributed by atoms with E-state index in [2.05, 4.69) is 10.6 Å². The molecule has 25 heavy (non-hydrogen) atoms. The smallest absolute Gasteiger partial charge is 0.407 e. The van der Waals surface area contributed by atoms with Gasteiger partial charge in [0.15, 0.2) is 0 Å². The van der Waals surface area contributed by atoms with Gasteiger partial charge in [0.05, 0.1) is 6.54 Å². The molecule has 1 aliphatic rings. The molecule has 0 bridgehead atoms. The van der Waals surface area contributed by atoms with Crippen molar-refractivity contribution in [2.75, 3.05) is 26.2 Å². The summed E-state index contributed by atoms with van der Waals surface area (Å²) in [5, 5.41) is 14.0. The van der Waals surface area contributed by atoms with E-state index >= 15 is 0 Å². The first-order valence-corrected chi connectivity index (χ1v) is 8.23. The standard InChI is InChI=1S/C17H23N3O5/c21-15(18-10-13-6-8-20(9-7-13)17(23)24)11-19-16(22)25-12-14-4-2-1-3-5-14/h1-5,13H,6-12H2,(H,18,21)(H,19,22)(H,23,24). The van der Waals surface area contributed by atoms with E-state index in [0.717, 1.165) is 18.4 Å². The molecule has 1 heterocycles. The number of carbonyl (C=O) groups excluding carboxylic acids is 2. The van der Waals surface area contributed by atoms with Crippen LogP contribution in [0.3, 0.4) is 0 Å². The third kappa shape index (κ3) is 6.70. The fraction of sp³-hybridized carbons (Fsp3) is 0.471. The van der Waals surface area contributed by atoms with Crippen LogP contribution in [-0.2, 0) is 16.1 Å². The van der Waals surface area contributed by atoms with Gasteiger partial charge in [-0.25, -0.2) is 9.59 Å². The van der Waals surface area contributed by atoms with Gasteiger partial charge in [0.25, 0.3) is 0 Å². The number of carboxylic acid groups (broad SMARTS) is 1. The summed E-state index contributed by atoms with van der Waals surface area (Å²) in [5.41, 5.74) is 0.870. The van der Waals surface area contributed by atoms with Gasteiger partial charge in [-0.05, 0) is 24.3 Å². The third-order valence-corrected chi connectivity index (χ3v) is 4.08. The van der Waals surface area contributed by atoms with Crippen LogP contribution in [-0.4, -0.2) is 54.3 Å². The molecule has 1 saturated heterocycles. The third-order valence-electron chi connectivity index (χ3n) is 4.08. The van der Waals surface area contributed by atoms with Gasteiger partial charge in [-0.3, -0.25) is 4.79 Å². The highest BCUT2D eigenvalue weighted by atomic mass is 16.5. The SMILES string of the molecule is O=C(CNC(=O)OCc1ccccc1)NCC1CCN(C(=O)O)CC1. The second-order valence-electron chi connectivity index (χ2n) is 5.93. The molecule has 1 aliphatic heterocycles. The number of hydrogen-bond acceptors (Lipinski definition) is 4. The molecule has 0 aromatic heterocycles. The Hall–Kier alpha value is -2.77. The van der Waals surface area contributed by atoms with E-state index in [1.165, 1.54) is 4.90 Å². The lowest BCUT2D eigenvalue weighted by Crippen LogP contribution is -2.43. The number of alkyl carbamates (subject to hydrolysis) is 1. The highest BCUT2D eigenvalue weighted by Gasteiger charge is 2.22. The molecule has 0 saturated carbocycles. The fourth-order valence-corrected chi connectivity index (χ4v) is 2.58. The molecule has 1 aromatic carbocycles. The first kappa shape index (κ1) is 18.6. The molecule has 0 unspecified atom stereocenters. The van der Waals surface area contributed by atoms with Crippen molar-refractivity contribution in [3.8, 4) is 0 Å². The Morgan fingerprint density at radius 1 is 1.12 bits per heavy atom. The lowest BCUT2D eigenvalue weighted by Gasteiger charge is -2.29. The summed E-state index contributed by atoms with van der Waals surface area (Å²) < 4.78 is 5.02. The van der Waals surface area contributed by atoms with Crippen LogP contribution >= 0.6 is 0 Å². The van der Waals surface area contributed by atoms with Crippen molar-refractivity contribution in [3.63, 3.8) is 0 Å². The van der Waals surface area contributed by atoms with Crippen LogP contribution < -0.4 is 10.6 Å². The lowest BCUT2D eigenvalue weighted by atomic mass is 9.97. The Bertz CT molecular complexity index is 585. The average molecular weight is 349 g/mol. The predicted molar refractivity (Wildman–Crippen MR) is 90.0 cm³/mol. The Balaban J connectivity index is 1.56. The zero-order chi connectivity index (χ0) is 18.1. The van der Waals surface area contributed by atoms with Gasteiger partial charge >= 0.3 is 12.2 Å². The second kappa shape index (κ2) is 9.51. The van der Waals surface area contributed by atoms with Crippen LogP contribution in [0.15, 0.2) is 30.3 Å². The van der Waals surface area contributed by atoms with E-state index in [1.54, 1.807) is 0 Å². The summed E-state index contributed by atoms with van der Waals surface area (Å²) in [4.78, 5) is 35.5. The minimum Gasteiger partial charge on any atom is -0.465 e. The van der Waals surface area contributed by atoms with Crippen LogP contribution in [0.2, 0.25) is 0 Å². The maximum atomic E-state index is 11.8. The molecule has 1 aromatic rings.